The van der Waals surface area contributed by atoms with Gasteiger partial charge in [0.05, 0.1) is 18.8 Å². The molecule has 0 saturated heterocycles. The Balaban J connectivity index is 1.78. The van der Waals surface area contributed by atoms with Crippen LogP contribution in [0.1, 0.15) is 56.3 Å². The van der Waals surface area contributed by atoms with Crippen LogP contribution in [0.5, 0.6) is 0 Å². The van der Waals surface area contributed by atoms with Gasteiger partial charge in [-0.25, -0.2) is 4.79 Å². The lowest BCUT2D eigenvalue weighted by Gasteiger charge is -2.21. The van der Waals surface area contributed by atoms with Crippen LogP contribution in [0.25, 0.3) is 0 Å². The molecule has 1 aromatic rings. The molecule has 0 aromatic heterocycles. The van der Waals surface area contributed by atoms with Gasteiger partial charge in [0.2, 0.25) is 0 Å². The Morgan fingerprint density at radius 3 is 2.48 bits per heavy atom. The minimum atomic E-state index is -0.260. The highest BCUT2D eigenvalue weighted by Crippen LogP contribution is 2.20. The van der Waals surface area contributed by atoms with Crippen molar-refractivity contribution in [2.45, 2.75) is 46.0 Å². The Kier molecular flexibility index (Phi) is 6.98. The fourth-order valence-electron chi connectivity index (χ4n) is 2.70. The second kappa shape index (κ2) is 9.23. The van der Waals surface area contributed by atoms with Crippen molar-refractivity contribution in [1.29, 1.82) is 0 Å². The average Bonchev–Trinajstić information content (AvgIpc) is 3.04. The van der Waals surface area contributed by atoms with Gasteiger partial charge in [0.15, 0.2) is 0 Å². The lowest BCUT2D eigenvalue weighted by molar-refractivity contribution is 0.0526. The maximum Gasteiger partial charge on any atom is 0.338 e. The summed E-state index contributed by atoms with van der Waals surface area (Å²) < 4.78 is 5.01. The van der Waals surface area contributed by atoms with Crippen LogP contribution in [-0.2, 0) is 4.74 Å². The third kappa shape index (κ3) is 5.31. The van der Waals surface area contributed by atoms with Crippen LogP contribution in [0.3, 0.4) is 0 Å². The van der Waals surface area contributed by atoms with Crippen LogP contribution < -0.4 is 4.90 Å². The van der Waals surface area contributed by atoms with Gasteiger partial charge in [-0.1, -0.05) is 32.6 Å². The molecular formula is C19H28N2O2. The first-order valence-corrected chi connectivity index (χ1v) is 8.70. The minimum Gasteiger partial charge on any atom is -0.462 e. The number of hydrogen-bond acceptors (Lipinski definition) is 4. The second-order valence-electron chi connectivity index (χ2n) is 5.90. The largest absolute Gasteiger partial charge is 0.462 e. The lowest BCUT2D eigenvalue weighted by Crippen LogP contribution is -2.25. The Labute approximate surface area is 139 Å². The van der Waals surface area contributed by atoms with Gasteiger partial charge in [-0.05, 0) is 37.6 Å². The Morgan fingerprint density at radius 2 is 1.78 bits per heavy atom. The molecule has 1 aliphatic rings. The Bertz CT molecular complexity index is 511. The van der Waals surface area contributed by atoms with Crippen LogP contribution >= 0.6 is 0 Å². The van der Waals surface area contributed by atoms with Crippen LogP contribution in [0, 0.1) is 0 Å². The highest BCUT2D eigenvalue weighted by molar-refractivity contribution is 5.89. The van der Waals surface area contributed by atoms with Gasteiger partial charge in [0, 0.05) is 24.6 Å². The van der Waals surface area contributed by atoms with Crippen molar-refractivity contribution < 1.29 is 9.53 Å². The first-order valence-electron chi connectivity index (χ1n) is 8.70. The third-order valence-electron chi connectivity index (χ3n) is 4.05. The van der Waals surface area contributed by atoms with E-state index >= 15 is 0 Å². The van der Waals surface area contributed by atoms with E-state index in [4.69, 9.17) is 4.74 Å². The maximum atomic E-state index is 11.7. The molecule has 1 aliphatic heterocycles. The fourth-order valence-corrected chi connectivity index (χ4v) is 2.70. The quantitative estimate of drug-likeness (QED) is 0.500. The molecule has 23 heavy (non-hydrogen) atoms. The normalized spacial score (nSPS) is 13.7. The van der Waals surface area contributed by atoms with E-state index in [2.05, 4.69) is 29.1 Å². The number of carbonyl (C=O) groups excluding carboxylic acids is 1. The zero-order chi connectivity index (χ0) is 16.5. The van der Waals surface area contributed by atoms with Crippen LogP contribution in [0.4, 0.5) is 5.69 Å². The van der Waals surface area contributed by atoms with E-state index in [0.29, 0.717) is 12.2 Å². The van der Waals surface area contributed by atoms with Crippen molar-refractivity contribution in [3.05, 3.63) is 42.2 Å². The monoisotopic (exact) mass is 316 g/mol. The Hall–Kier alpha value is -1.97. The summed E-state index contributed by atoms with van der Waals surface area (Å²) in [6.07, 6.45) is 10.8. The van der Waals surface area contributed by atoms with E-state index in [0.717, 1.165) is 18.9 Å². The number of carbonyl (C=O) groups is 1. The minimum absolute atomic E-state index is 0.260. The second-order valence-corrected chi connectivity index (χ2v) is 5.90. The molecule has 0 amide bonds. The summed E-state index contributed by atoms with van der Waals surface area (Å²) in [6.45, 7) is 6.46. The van der Waals surface area contributed by atoms with E-state index in [1.54, 1.807) is 0 Å². The molecule has 126 valence electrons. The molecule has 0 saturated carbocycles. The molecule has 0 N–H and O–H groups in total. The van der Waals surface area contributed by atoms with Crippen LogP contribution in [0.15, 0.2) is 36.7 Å². The maximum absolute atomic E-state index is 11.7. The summed E-state index contributed by atoms with van der Waals surface area (Å²) >= 11 is 0. The molecule has 1 aromatic carbocycles. The van der Waals surface area contributed by atoms with Crippen molar-refractivity contribution in [3.8, 4) is 0 Å². The van der Waals surface area contributed by atoms with Gasteiger partial charge in [-0.15, -0.1) is 0 Å². The predicted octanol–water partition coefficient (Wildman–Crippen LogP) is 4.38. The summed E-state index contributed by atoms with van der Waals surface area (Å²) in [6, 6.07) is 7.60. The third-order valence-corrected chi connectivity index (χ3v) is 4.05. The van der Waals surface area contributed by atoms with Crippen LogP contribution in [0.2, 0.25) is 0 Å². The molecule has 0 aliphatic carbocycles. The molecule has 0 atom stereocenters. The number of rotatable bonds is 9. The van der Waals surface area contributed by atoms with Gasteiger partial charge >= 0.3 is 5.97 Å². The molecule has 0 radical (unpaired) electrons. The predicted molar refractivity (Wildman–Crippen MR) is 94.3 cm³/mol. The van der Waals surface area contributed by atoms with Crippen molar-refractivity contribution in [3.63, 3.8) is 0 Å². The standard InChI is InChI=1S/C19H28N2O2/c1-3-5-6-7-8-13-20-14-15-21(16-20)18-11-9-17(10-12-18)19(22)23-4-2/h9-12,14-15H,3-8,13,16H2,1-2H3. The number of hydrogen-bond donors (Lipinski definition) is 0. The molecule has 4 nitrogen and oxygen atoms in total. The van der Waals surface area contributed by atoms with E-state index in [9.17, 15) is 4.79 Å². The summed E-state index contributed by atoms with van der Waals surface area (Å²) in [5, 5.41) is 0. The van der Waals surface area contributed by atoms with Crippen LogP contribution in [-0.4, -0.2) is 30.7 Å². The summed E-state index contributed by atoms with van der Waals surface area (Å²) in [4.78, 5) is 16.2. The first kappa shape index (κ1) is 17.4. The summed E-state index contributed by atoms with van der Waals surface area (Å²) in [5.41, 5.74) is 1.70. The van der Waals surface area contributed by atoms with Crippen molar-refractivity contribution in [1.82, 2.24) is 4.90 Å². The number of esters is 1. The number of ether oxygens (including phenoxy) is 1. The smallest absolute Gasteiger partial charge is 0.338 e. The topological polar surface area (TPSA) is 32.8 Å². The van der Waals surface area contributed by atoms with E-state index in [1.165, 1.54) is 32.1 Å². The van der Waals surface area contributed by atoms with Gasteiger partial charge in [0.25, 0.3) is 0 Å². The summed E-state index contributed by atoms with van der Waals surface area (Å²) in [7, 11) is 0. The van der Waals surface area contributed by atoms with E-state index < -0.39 is 0 Å². The Morgan fingerprint density at radius 1 is 1.04 bits per heavy atom. The number of anilines is 1. The zero-order valence-corrected chi connectivity index (χ0v) is 14.3. The first-order chi connectivity index (χ1) is 11.2. The molecule has 4 heteroatoms. The highest BCUT2D eigenvalue weighted by Gasteiger charge is 2.14. The zero-order valence-electron chi connectivity index (χ0n) is 14.3. The molecule has 0 fully saturated rings. The van der Waals surface area contributed by atoms with Gasteiger partial charge < -0.3 is 14.5 Å². The van der Waals surface area contributed by atoms with Crippen molar-refractivity contribution in [2.75, 3.05) is 24.7 Å². The van der Waals surface area contributed by atoms with Gasteiger partial charge in [-0.3, -0.25) is 0 Å². The SMILES string of the molecule is CCCCCCCN1C=CN(c2ccc(C(=O)OCC)cc2)C1. The molecule has 0 bridgehead atoms. The van der Waals surface area contributed by atoms with Crippen molar-refractivity contribution >= 4 is 11.7 Å². The molecule has 0 unspecified atom stereocenters. The van der Waals surface area contributed by atoms with E-state index in [1.807, 2.05) is 31.2 Å². The van der Waals surface area contributed by atoms with Gasteiger partial charge in [-0.2, -0.15) is 0 Å². The molecule has 2 rings (SSSR count). The molecule has 0 spiro atoms. The molecular weight excluding hydrogens is 288 g/mol. The van der Waals surface area contributed by atoms with E-state index in [-0.39, 0.29) is 5.97 Å². The lowest BCUT2D eigenvalue weighted by atomic mass is 10.1. The number of benzene rings is 1. The molecule has 1 heterocycles. The van der Waals surface area contributed by atoms with Crippen molar-refractivity contribution in [2.24, 2.45) is 0 Å². The highest BCUT2D eigenvalue weighted by atomic mass is 16.5. The van der Waals surface area contributed by atoms with Gasteiger partial charge in [0.1, 0.15) is 0 Å². The number of nitrogens with zero attached hydrogens (tertiary/aromatic N) is 2. The summed E-state index contributed by atoms with van der Waals surface area (Å²) in [5.74, 6) is -0.260. The average molecular weight is 316 g/mol. The fraction of sp³-hybridized carbons (Fsp3) is 0.526. The number of unbranched alkanes of at least 4 members (excludes halogenated alkanes) is 4.